The van der Waals surface area contributed by atoms with Crippen molar-refractivity contribution < 1.29 is 23.4 Å². The van der Waals surface area contributed by atoms with E-state index < -0.39 is 18.0 Å². The molecule has 2 aromatic rings. The van der Waals surface area contributed by atoms with Crippen molar-refractivity contribution in [1.29, 1.82) is 0 Å². The normalized spacial score (nSPS) is 13.4. The monoisotopic (exact) mass is 306 g/mol. The zero-order valence-corrected chi connectivity index (χ0v) is 10.6. The fourth-order valence-electron chi connectivity index (χ4n) is 1.27. The minimum absolute atomic E-state index is 0.0449. The Labute approximate surface area is 115 Å². The first-order chi connectivity index (χ1) is 9.38. The van der Waals surface area contributed by atoms with Gasteiger partial charge in [-0.25, -0.2) is 0 Å². The molecular formula is C10H9F3N4O2S. The van der Waals surface area contributed by atoms with Gasteiger partial charge in [0.25, 0.3) is 0 Å². The van der Waals surface area contributed by atoms with Gasteiger partial charge in [-0.05, 0) is 34.7 Å². The van der Waals surface area contributed by atoms with Gasteiger partial charge in [0.05, 0.1) is 5.69 Å². The minimum atomic E-state index is -4.68. The van der Waals surface area contributed by atoms with Gasteiger partial charge in [0.1, 0.15) is 5.75 Å². The van der Waals surface area contributed by atoms with E-state index in [4.69, 9.17) is 10.2 Å². The van der Waals surface area contributed by atoms with Gasteiger partial charge in [0, 0.05) is 5.75 Å². The number of hydrogen-bond acceptors (Lipinski definition) is 6. The minimum Gasteiger partial charge on any atom is -0.508 e. The van der Waals surface area contributed by atoms with Gasteiger partial charge in [-0.3, -0.25) is 0 Å². The van der Waals surface area contributed by atoms with E-state index in [1.165, 1.54) is 28.9 Å². The number of nitrogens with zero attached hydrogens (tertiary/aromatic N) is 4. The van der Waals surface area contributed by atoms with Crippen LogP contribution in [0.1, 0.15) is 0 Å². The number of thioether (sulfide) groups is 1. The van der Waals surface area contributed by atoms with Gasteiger partial charge in [-0.2, -0.15) is 17.9 Å². The number of aliphatic hydroxyl groups excluding tert-OH is 1. The lowest BCUT2D eigenvalue weighted by Crippen LogP contribution is -2.30. The second-order valence-corrected chi connectivity index (χ2v) is 4.75. The molecule has 10 heteroatoms. The molecule has 0 spiro atoms. The number of halogens is 3. The molecule has 2 rings (SSSR count). The average molecular weight is 306 g/mol. The fraction of sp³-hybridized carbons (Fsp3) is 0.300. The Hall–Kier alpha value is -1.81. The van der Waals surface area contributed by atoms with E-state index in [1.54, 1.807) is 0 Å². The smallest absolute Gasteiger partial charge is 0.415 e. The maximum absolute atomic E-state index is 12.2. The van der Waals surface area contributed by atoms with Gasteiger partial charge in [0.15, 0.2) is 6.10 Å². The number of tetrazole rings is 1. The van der Waals surface area contributed by atoms with E-state index in [2.05, 4.69) is 15.5 Å². The summed E-state index contributed by atoms with van der Waals surface area (Å²) < 4.78 is 37.8. The first kappa shape index (κ1) is 14.6. The van der Waals surface area contributed by atoms with Crippen molar-refractivity contribution in [3.63, 3.8) is 0 Å². The lowest BCUT2D eigenvalue weighted by atomic mass is 10.3. The predicted octanol–water partition coefficient (Wildman–Crippen LogP) is 1.38. The van der Waals surface area contributed by atoms with Crippen molar-refractivity contribution in [2.24, 2.45) is 0 Å². The van der Waals surface area contributed by atoms with Crippen molar-refractivity contribution in [3.05, 3.63) is 24.3 Å². The molecule has 0 saturated heterocycles. The standard InChI is InChI=1S/C10H9F3N4O2S/c11-10(12,13)8(19)5-20-9-14-15-16-17(9)6-1-3-7(18)4-2-6/h1-4,8,18-19H,5H2. The van der Waals surface area contributed by atoms with Crippen molar-refractivity contribution in [3.8, 4) is 11.4 Å². The highest BCUT2D eigenvalue weighted by Gasteiger charge is 2.38. The molecule has 0 aliphatic rings. The van der Waals surface area contributed by atoms with Crippen LogP contribution in [0.5, 0.6) is 5.75 Å². The predicted molar refractivity (Wildman–Crippen MR) is 63.6 cm³/mol. The van der Waals surface area contributed by atoms with Crippen LogP contribution < -0.4 is 0 Å². The molecule has 1 atom stereocenters. The van der Waals surface area contributed by atoms with Crippen LogP contribution in [0.25, 0.3) is 5.69 Å². The van der Waals surface area contributed by atoms with Gasteiger partial charge in [-0.1, -0.05) is 11.8 Å². The van der Waals surface area contributed by atoms with Crippen LogP contribution in [0, 0.1) is 0 Å². The third-order valence-electron chi connectivity index (χ3n) is 2.28. The number of phenols is 1. The van der Waals surface area contributed by atoms with E-state index in [0.717, 1.165) is 0 Å². The number of benzene rings is 1. The summed E-state index contributed by atoms with van der Waals surface area (Å²) in [7, 11) is 0. The van der Waals surface area contributed by atoms with Crippen LogP contribution in [-0.4, -0.2) is 48.5 Å². The lowest BCUT2D eigenvalue weighted by molar-refractivity contribution is -0.195. The van der Waals surface area contributed by atoms with Gasteiger partial charge < -0.3 is 10.2 Å². The first-order valence-corrected chi connectivity index (χ1v) is 6.32. The Kier molecular flexibility index (Phi) is 4.14. The molecule has 20 heavy (non-hydrogen) atoms. The number of phenolic OH excluding ortho intramolecular Hbond substituents is 1. The van der Waals surface area contributed by atoms with Crippen LogP contribution in [0.4, 0.5) is 13.2 Å². The number of rotatable bonds is 4. The number of aromatic nitrogens is 4. The topological polar surface area (TPSA) is 84.1 Å². The van der Waals surface area contributed by atoms with Gasteiger partial charge in [-0.15, -0.1) is 5.10 Å². The van der Waals surface area contributed by atoms with Gasteiger partial charge in [0.2, 0.25) is 5.16 Å². The van der Waals surface area contributed by atoms with Crippen LogP contribution in [0.15, 0.2) is 29.4 Å². The molecule has 1 heterocycles. The zero-order valence-electron chi connectivity index (χ0n) is 9.82. The molecule has 2 N–H and O–H groups in total. The fourth-order valence-corrected chi connectivity index (χ4v) is 2.13. The van der Waals surface area contributed by atoms with E-state index >= 15 is 0 Å². The molecule has 108 valence electrons. The van der Waals surface area contributed by atoms with Crippen LogP contribution in [0.2, 0.25) is 0 Å². The molecule has 1 aromatic heterocycles. The lowest BCUT2D eigenvalue weighted by Gasteiger charge is -2.13. The second-order valence-electron chi connectivity index (χ2n) is 3.76. The third-order valence-corrected chi connectivity index (χ3v) is 3.28. The Morgan fingerprint density at radius 1 is 1.25 bits per heavy atom. The molecule has 0 radical (unpaired) electrons. The van der Waals surface area contributed by atoms with Crippen molar-refractivity contribution in [2.45, 2.75) is 17.4 Å². The molecule has 0 amide bonds. The van der Waals surface area contributed by atoms with Gasteiger partial charge >= 0.3 is 6.18 Å². The molecule has 1 aromatic carbocycles. The summed E-state index contributed by atoms with van der Waals surface area (Å²) in [6.07, 6.45) is -7.12. The summed E-state index contributed by atoms with van der Waals surface area (Å²) in [6, 6.07) is 5.82. The first-order valence-electron chi connectivity index (χ1n) is 5.33. The zero-order chi connectivity index (χ0) is 14.8. The van der Waals surface area contributed by atoms with Crippen LogP contribution in [-0.2, 0) is 0 Å². The Morgan fingerprint density at radius 2 is 1.90 bits per heavy atom. The highest BCUT2D eigenvalue weighted by atomic mass is 32.2. The molecule has 0 fully saturated rings. The number of aromatic hydroxyl groups is 1. The average Bonchev–Trinajstić information content (AvgIpc) is 2.84. The molecule has 1 unspecified atom stereocenters. The maximum Gasteiger partial charge on any atom is 0.415 e. The highest BCUT2D eigenvalue weighted by Crippen LogP contribution is 2.26. The van der Waals surface area contributed by atoms with Crippen LogP contribution in [0.3, 0.4) is 0 Å². The second kappa shape index (κ2) is 5.67. The largest absolute Gasteiger partial charge is 0.508 e. The third kappa shape index (κ3) is 3.39. The SMILES string of the molecule is Oc1ccc(-n2nnnc2SCC(O)C(F)(F)F)cc1. The Morgan fingerprint density at radius 3 is 2.50 bits per heavy atom. The van der Waals surface area contributed by atoms with Crippen molar-refractivity contribution >= 4 is 11.8 Å². The summed E-state index contributed by atoms with van der Waals surface area (Å²) in [5, 5.41) is 28.8. The summed E-state index contributed by atoms with van der Waals surface area (Å²) in [5.41, 5.74) is 0.483. The van der Waals surface area contributed by atoms with E-state index in [-0.39, 0.29) is 10.9 Å². The number of aliphatic hydroxyl groups is 1. The summed E-state index contributed by atoms with van der Waals surface area (Å²) in [5.74, 6) is -0.564. The molecule has 0 aliphatic heterocycles. The maximum atomic E-state index is 12.2. The number of alkyl halides is 3. The molecule has 0 aliphatic carbocycles. The molecular weight excluding hydrogens is 297 g/mol. The van der Waals surface area contributed by atoms with E-state index in [0.29, 0.717) is 17.4 Å². The van der Waals surface area contributed by atoms with Crippen LogP contribution >= 0.6 is 11.8 Å². The highest BCUT2D eigenvalue weighted by molar-refractivity contribution is 7.99. The summed E-state index contributed by atoms with van der Waals surface area (Å²) >= 11 is 0.682. The van der Waals surface area contributed by atoms with E-state index in [1.807, 2.05) is 0 Å². The summed E-state index contributed by atoms with van der Waals surface area (Å²) in [6.45, 7) is 0. The summed E-state index contributed by atoms with van der Waals surface area (Å²) in [4.78, 5) is 0. The van der Waals surface area contributed by atoms with Crippen molar-refractivity contribution in [2.75, 3.05) is 5.75 Å². The Balaban J connectivity index is 2.11. The molecule has 6 nitrogen and oxygen atoms in total. The van der Waals surface area contributed by atoms with Crippen molar-refractivity contribution in [1.82, 2.24) is 20.2 Å². The van der Waals surface area contributed by atoms with E-state index in [9.17, 15) is 13.2 Å². The Bertz CT molecular complexity index is 573. The number of hydrogen-bond donors (Lipinski definition) is 2. The molecule has 0 bridgehead atoms. The molecule has 0 saturated carbocycles. The quantitative estimate of drug-likeness (QED) is 0.830.